The van der Waals surface area contributed by atoms with Crippen LogP contribution < -0.4 is 9.80 Å². The third-order valence-corrected chi connectivity index (χ3v) is 14.4. The van der Waals surface area contributed by atoms with Crippen LogP contribution >= 0.6 is 0 Å². The zero-order valence-electron chi connectivity index (χ0n) is 41.5. The summed E-state index contributed by atoms with van der Waals surface area (Å²) in [5.74, 6) is 0.467. The van der Waals surface area contributed by atoms with Crippen molar-refractivity contribution in [1.29, 1.82) is 0 Å². The Balaban J connectivity index is 0.980. The van der Waals surface area contributed by atoms with Gasteiger partial charge in [-0.25, -0.2) is 0 Å². The third kappa shape index (κ3) is 8.27. The van der Waals surface area contributed by atoms with E-state index in [9.17, 15) is 0 Å². The Bertz CT molecular complexity index is 3840. The molecule has 0 radical (unpaired) electrons. The Morgan fingerprint density at radius 1 is 0.347 bits per heavy atom. The molecular weight excluding hydrogens is 873 g/mol. The number of nitrogens with zero attached hydrogens (tertiary/aromatic N) is 2. The van der Waals surface area contributed by atoms with E-state index in [1.54, 1.807) is 0 Å². The van der Waals surface area contributed by atoms with Crippen molar-refractivity contribution in [3.05, 3.63) is 254 Å². The summed E-state index contributed by atoms with van der Waals surface area (Å²) >= 11 is 0. The third-order valence-electron chi connectivity index (χ3n) is 14.4. The van der Waals surface area contributed by atoms with E-state index >= 15 is 0 Å². The van der Waals surface area contributed by atoms with Crippen molar-refractivity contribution in [1.82, 2.24) is 0 Å². The minimum Gasteiger partial charge on any atom is -0.456 e. The summed E-state index contributed by atoms with van der Waals surface area (Å²) in [6.07, 6.45) is 0. The molecule has 0 atom stereocenters. The fourth-order valence-corrected chi connectivity index (χ4v) is 10.5. The van der Waals surface area contributed by atoms with E-state index < -0.39 is 0 Å². The Kier molecular flexibility index (Phi) is 11.3. The summed E-state index contributed by atoms with van der Waals surface area (Å²) < 4.78 is 6.88. The van der Waals surface area contributed by atoms with Gasteiger partial charge in [-0.15, -0.1) is 0 Å². The molecule has 0 saturated heterocycles. The van der Waals surface area contributed by atoms with Crippen LogP contribution in [-0.4, -0.2) is 0 Å². The van der Waals surface area contributed by atoms with Crippen LogP contribution in [0.4, 0.5) is 34.1 Å². The molecule has 11 aromatic carbocycles. The first-order valence-corrected chi connectivity index (χ1v) is 25.2. The molecule has 3 heteroatoms. The van der Waals surface area contributed by atoms with Crippen molar-refractivity contribution in [2.75, 3.05) is 9.80 Å². The number of furan rings is 1. The molecule has 348 valence electrons. The number of hydrogen-bond acceptors (Lipinski definition) is 3. The maximum absolute atomic E-state index is 6.88. The summed E-state index contributed by atoms with van der Waals surface area (Å²) in [5, 5.41) is 6.75. The van der Waals surface area contributed by atoms with Crippen LogP contribution in [0.15, 0.2) is 247 Å². The first-order chi connectivity index (χ1) is 35.1. The fraction of sp³-hybridized carbons (Fsp3) is 0.101. The molecule has 0 aliphatic heterocycles. The molecule has 0 spiro atoms. The molecule has 0 N–H and O–H groups in total. The van der Waals surface area contributed by atoms with E-state index in [1.165, 1.54) is 33.4 Å². The van der Waals surface area contributed by atoms with Crippen molar-refractivity contribution in [3.63, 3.8) is 0 Å². The van der Waals surface area contributed by atoms with Crippen LogP contribution in [0.1, 0.15) is 51.7 Å². The predicted molar refractivity (Wildman–Crippen MR) is 307 cm³/mol. The van der Waals surface area contributed by atoms with E-state index in [2.05, 4.69) is 287 Å². The van der Waals surface area contributed by atoms with Crippen LogP contribution in [0.25, 0.3) is 76.9 Å². The molecule has 72 heavy (non-hydrogen) atoms. The number of fused-ring (bicyclic) bond motifs is 5. The Hall–Kier alpha value is -8.66. The van der Waals surface area contributed by atoms with Crippen LogP contribution in [-0.2, 0) is 5.41 Å². The van der Waals surface area contributed by atoms with Crippen LogP contribution in [0, 0.1) is 0 Å². The Morgan fingerprint density at radius 2 is 0.750 bits per heavy atom. The highest BCUT2D eigenvalue weighted by Gasteiger charge is 2.23. The molecule has 0 aliphatic carbocycles. The quantitative estimate of drug-likeness (QED) is 0.136. The van der Waals surface area contributed by atoms with Crippen molar-refractivity contribution in [3.8, 4) is 33.4 Å². The maximum atomic E-state index is 6.88. The van der Waals surface area contributed by atoms with Crippen LogP contribution in [0.3, 0.4) is 0 Å². The zero-order valence-corrected chi connectivity index (χ0v) is 41.5. The lowest BCUT2D eigenvalue weighted by molar-refractivity contribution is 0.590. The molecule has 0 saturated carbocycles. The minimum atomic E-state index is 0.0400. The van der Waals surface area contributed by atoms with E-state index in [4.69, 9.17) is 4.42 Å². The summed E-state index contributed by atoms with van der Waals surface area (Å²) in [6.45, 7) is 11.3. The number of rotatable bonds is 10. The first kappa shape index (κ1) is 44.5. The number of hydrogen-bond donors (Lipinski definition) is 0. The topological polar surface area (TPSA) is 19.6 Å². The predicted octanol–water partition coefficient (Wildman–Crippen LogP) is 20.3. The number of para-hydroxylation sites is 3. The zero-order chi connectivity index (χ0) is 48.9. The van der Waals surface area contributed by atoms with Gasteiger partial charge >= 0.3 is 0 Å². The van der Waals surface area contributed by atoms with Crippen molar-refractivity contribution in [2.24, 2.45) is 0 Å². The lowest BCUT2D eigenvalue weighted by Gasteiger charge is -2.30. The average Bonchev–Trinajstić information content (AvgIpc) is 3.76. The van der Waals surface area contributed by atoms with Gasteiger partial charge in [0.05, 0.1) is 17.1 Å². The summed E-state index contributed by atoms with van der Waals surface area (Å²) in [7, 11) is 0. The van der Waals surface area contributed by atoms with Crippen molar-refractivity contribution < 1.29 is 4.42 Å². The molecule has 1 heterocycles. The molecule has 0 amide bonds. The standard InChI is InChI=1S/C69H56N2O/c1-46(2)47-28-30-50(31-29-47)61-24-12-15-25-64(61)70(56-38-34-55(35-39-56)69(3,4)5)57-36-32-51-42-62-63-43-52-33-37-58(41-54(52)45-68(63)72-67(62)44-53(51)40-57)71(65-26-16-13-22-59(65)48-18-8-6-9-19-48)66-27-17-14-23-60(66)49-20-10-7-11-21-49/h6-46H,1-5H3. The monoisotopic (exact) mass is 928 g/mol. The van der Waals surface area contributed by atoms with Gasteiger partial charge in [0, 0.05) is 44.5 Å². The van der Waals surface area contributed by atoms with Gasteiger partial charge in [-0.1, -0.05) is 198 Å². The van der Waals surface area contributed by atoms with Gasteiger partial charge in [0.1, 0.15) is 11.2 Å². The molecule has 0 fully saturated rings. The fourth-order valence-electron chi connectivity index (χ4n) is 10.5. The number of anilines is 6. The molecule has 3 nitrogen and oxygen atoms in total. The van der Waals surface area contributed by atoms with Crippen molar-refractivity contribution in [2.45, 2.75) is 46.0 Å². The van der Waals surface area contributed by atoms with E-state index in [1.807, 2.05) is 0 Å². The summed E-state index contributed by atoms with van der Waals surface area (Å²) in [6, 6.07) is 88.5. The van der Waals surface area contributed by atoms with E-state index in [0.29, 0.717) is 5.92 Å². The second kappa shape index (κ2) is 18.3. The summed E-state index contributed by atoms with van der Waals surface area (Å²) in [4.78, 5) is 4.82. The highest BCUT2D eigenvalue weighted by molar-refractivity contribution is 6.14. The van der Waals surface area contributed by atoms with Crippen LogP contribution in [0.5, 0.6) is 0 Å². The van der Waals surface area contributed by atoms with Gasteiger partial charge < -0.3 is 14.2 Å². The first-order valence-electron chi connectivity index (χ1n) is 25.2. The average molecular weight is 929 g/mol. The maximum Gasteiger partial charge on any atom is 0.136 e. The van der Waals surface area contributed by atoms with Gasteiger partial charge in [-0.2, -0.15) is 0 Å². The highest BCUT2D eigenvalue weighted by Crippen LogP contribution is 2.47. The minimum absolute atomic E-state index is 0.0400. The smallest absolute Gasteiger partial charge is 0.136 e. The van der Waals surface area contributed by atoms with Gasteiger partial charge in [-0.05, 0) is 140 Å². The molecule has 0 unspecified atom stereocenters. The normalized spacial score (nSPS) is 11.8. The van der Waals surface area contributed by atoms with Crippen molar-refractivity contribution >= 4 is 77.6 Å². The number of benzene rings is 11. The van der Waals surface area contributed by atoms with E-state index in [-0.39, 0.29) is 5.41 Å². The molecule has 0 aliphatic rings. The second-order valence-electron chi connectivity index (χ2n) is 20.4. The Labute approximate surface area is 422 Å². The lowest BCUT2D eigenvalue weighted by Crippen LogP contribution is -2.13. The largest absolute Gasteiger partial charge is 0.456 e. The molecule has 0 bridgehead atoms. The molecule has 12 rings (SSSR count). The second-order valence-corrected chi connectivity index (χ2v) is 20.4. The molecule has 1 aromatic heterocycles. The summed E-state index contributed by atoms with van der Waals surface area (Å²) in [5.41, 5.74) is 18.0. The SMILES string of the molecule is CC(C)c1ccc(-c2ccccc2N(c2ccc(C(C)(C)C)cc2)c2ccc3cc4c(cc3c2)oc2cc3cc(N(c5ccccc5-c5ccccc5)c5ccccc5-c5ccccc5)ccc3cc24)cc1. The van der Waals surface area contributed by atoms with Gasteiger partial charge in [0.15, 0.2) is 0 Å². The lowest BCUT2D eigenvalue weighted by atomic mass is 9.87. The van der Waals surface area contributed by atoms with Gasteiger partial charge in [0.25, 0.3) is 0 Å². The van der Waals surface area contributed by atoms with E-state index in [0.717, 1.165) is 88.7 Å². The molecular formula is C69H56N2O. The van der Waals surface area contributed by atoms with Gasteiger partial charge in [-0.3, -0.25) is 0 Å². The van der Waals surface area contributed by atoms with Gasteiger partial charge in [0.2, 0.25) is 0 Å². The molecule has 12 aromatic rings. The Morgan fingerprint density at radius 3 is 1.21 bits per heavy atom. The highest BCUT2D eigenvalue weighted by atomic mass is 16.3. The van der Waals surface area contributed by atoms with Crippen LogP contribution in [0.2, 0.25) is 0 Å².